The molecule has 0 saturated heterocycles. The Morgan fingerprint density at radius 1 is 0.711 bits per heavy atom. The molecule has 0 radical (unpaired) electrons. The van der Waals surface area contributed by atoms with Gasteiger partial charge in [0.2, 0.25) is 0 Å². The Balaban J connectivity index is 1.51. The van der Waals surface area contributed by atoms with E-state index in [1.807, 2.05) is 132 Å². The van der Waals surface area contributed by atoms with Crippen molar-refractivity contribution in [2.45, 2.75) is 0 Å². The minimum Gasteiger partial charge on any atom is -0.497 e. The third kappa shape index (κ3) is 4.40. The monoisotopic (exact) mass is 496 g/mol. The topological polar surface area (TPSA) is 59.7 Å². The minimum absolute atomic E-state index is 0.200. The van der Waals surface area contributed by atoms with E-state index < -0.39 is 0 Å². The van der Waals surface area contributed by atoms with E-state index in [0.717, 1.165) is 33.8 Å². The van der Waals surface area contributed by atoms with Gasteiger partial charge >= 0.3 is 0 Å². The predicted octanol–water partition coefficient (Wildman–Crippen LogP) is 6.38. The molecule has 6 heteroatoms. The van der Waals surface area contributed by atoms with E-state index in [1.54, 1.807) is 7.11 Å². The number of para-hydroxylation sites is 2. The lowest BCUT2D eigenvalue weighted by molar-refractivity contribution is -0.114. The Kier molecular flexibility index (Phi) is 6.12. The van der Waals surface area contributed by atoms with Crippen molar-refractivity contribution in [3.05, 3.63) is 138 Å². The van der Waals surface area contributed by atoms with Gasteiger partial charge in [0.25, 0.3) is 5.91 Å². The maximum absolute atomic E-state index is 13.8. The molecule has 0 bridgehead atoms. The van der Waals surface area contributed by atoms with Gasteiger partial charge in [-0.3, -0.25) is 4.79 Å². The molecule has 1 aliphatic heterocycles. The van der Waals surface area contributed by atoms with Crippen molar-refractivity contribution < 1.29 is 9.53 Å². The lowest BCUT2D eigenvalue weighted by Crippen LogP contribution is -2.21. The van der Waals surface area contributed by atoms with E-state index >= 15 is 0 Å². The van der Waals surface area contributed by atoms with Gasteiger partial charge in [-0.1, -0.05) is 66.7 Å². The highest BCUT2D eigenvalue weighted by Gasteiger charge is 2.32. The Labute approximate surface area is 220 Å². The summed E-state index contributed by atoms with van der Waals surface area (Å²) in [6.45, 7) is 0. The molecule has 1 amide bonds. The van der Waals surface area contributed by atoms with Crippen molar-refractivity contribution in [1.82, 2.24) is 9.78 Å². The molecule has 0 atom stereocenters. The number of nitrogens with zero attached hydrogens (tertiary/aromatic N) is 4. The van der Waals surface area contributed by atoms with Gasteiger partial charge in [-0.2, -0.15) is 15.2 Å². The Morgan fingerprint density at radius 3 is 1.95 bits per heavy atom. The third-order valence-corrected chi connectivity index (χ3v) is 6.35. The van der Waals surface area contributed by atoms with Gasteiger partial charge in [-0.15, -0.1) is 0 Å². The number of benzene rings is 4. The minimum atomic E-state index is -0.200. The molecule has 1 aliphatic rings. The SMILES string of the molecule is COc1ccc(C2=NN(c3ccccc3)C(=O)/C2=C\c2cn(-c3ccccc3)nc2-c2ccccc2)cc1. The summed E-state index contributed by atoms with van der Waals surface area (Å²) in [7, 11) is 1.63. The van der Waals surface area contributed by atoms with Crippen LogP contribution in [-0.4, -0.2) is 28.5 Å². The summed E-state index contributed by atoms with van der Waals surface area (Å²) in [5, 5.41) is 11.1. The van der Waals surface area contributed by atoms with Gasteiger partial charge in [0.15, 0.2) is 0 Å². The number of aromatic nitrogens is 2. The van der Waals surface area contributed by atoms with E-state index in [-0.39, 0.29) is 5.91 Å². The number of rotatable bonds is 6. The highest BCUT2D eigenvalue weighted by molar-refractivity contribution is 6.37. The van der Waals surface area contributed by atoms with Crippen LogP contribution in [0.25, 0.3) is 23.0 Å². The molecule has 0 N–H and O–H groups in total. The average Bonchev–Trinajstić information content (AvgIpc) is 3.56. The maximum Gasteiger partial charge on any atom is 0.281 e. The molecule has 0 aliphatic carbocycles. The van der Waals surface area contributed by atoms with E-state index in [0.29, 0.717) is 17.0 Å². The normalized spacial score (nSPS) is 14.1. The lowest BCUT2D eigenvalue weighted by Gasteiger charge is -2.10. The molecule has 38 heavy (non-hydrogen) atoms. The number of methoxy groups -OCH3 is 1. The second-order valence-corrected chi connectivity index (χ2v) is 8.77. The Bertz CT molecular complexity index is 1640. The van der Waals surface area contributed by atoms with Crippen LogP contribution in [0, 0.1) is 0 Å². The first-order chi connectivity index (χ1) is 18.7. The van der Waals surface area contributed by atoms with Crippen molar-refractivity contribution in [2.24, 2.45) is 5.10 Å². The van der Waals surface area contributed by atoms with Crippen LogP contribution < -0.4 is 9.75 Å². The van der Waals surface area contributed by atoms with Crippen LogP contribution in [-0.2, 0) is 4.79 Å². The van der Waals surface area contributed by atoms with E-state index in [9.17, 15) is 4.79 Å². The van der Waals surface area contributed by atoms with Crippen LogP contribution in [0.15, 0.2) is 132 Å². The molecule has 5 aromatic rings. The molecule has 6 nitrogen and oxygen atoms in total. The van der Waals surface area contributed by atoms with Gasteiger partial charge in [0, 0.05) is 22.9 Å². The maximum atomic E-state index is 13.8. The van der Waals surface area contributed by atoms with Gasteiger partial charge in [0.05, 0.1) is 29.8 Å². The Hall–Kier alpha value is -5.23. The summed E-state index contributed by atoms with van der Waals surface area (Å²) in [6.07, 6.45) is 3.85. The summed E-state index contributed by atoms with van der Waals surface area (Å²) < 4.78 is 7.17. The Morgan fingerprint density at radius 2 is 1.32 bits per heavy atom. The quantitative estimate of drug-likeness (QED) is 0.256. The fraction of sp³-hybridized carbons (Fsp3) is 0.0312. The smallest absolute Gasteiger partial charge is 0.281 e. The number of anilines is 1. The first kappa shape index (κ1) is 23.2. The number of amides is 1. The predicted molar refractivity (Wildman–Crippen MR) is 150 cm³/mol. The number of carbonyl (C=O) groups excluding carboxylic acids is 1. The number of hydrazone groups is 1. The van der Waals surface area contributed by atoms with Crippen molar-refractivity contribution in [1.29, 1.82) is 0 Å². The largest absolute Gasteiger partial charge is 0.497 e. The van der Waals surface area contributed by atoms with Crippen LogP contribution in [0.4, 0.5) is 5.69 Å². The molecule has 0 unspecified atom stereocenters. The zero-order valence-corrected chi connectivity index (χ0v) is 20.7. The van der Waals surface area contributed by atoms with E-state index in [1.165, 1.54) is 5.01 Å². The van der Waals surface area contributed by atoms with Crippen molar-refractivity contribution in [2.75, 3.05) is 12.1 Å². The summed E-state index contributed by atoms with van der Waals surface area (Å²) in [5.41, 5.74) is 6.10. The molecule has 0 saturated carbocycles. The van der Waals surface area contributed by atoms with Crippen LogP contribution in [0.1, 0.15) is 11.1 Å². The second-order valence-electron chi connectivity index (χ2n) is 8.77. The molecule has 4 aromatic carbocycles. The first-order valence-electron chi connectivity index (χ1n) is 12.3. The van der Waals surface area contributed by atoms with Crippen molar-refractivity contribution >= 4 is 23.4 Å². The number of hydrogen-bond acceptors (Lipinski definition) is 4. The summed E-state index contributed by atoms with van der Waals surface area (Å²) in [5.74, 6) is 0.535. The fourth-order valence-electron chi connectivity index (χ4n) is 4.43. The second kappa shape index (κ2) is 10.0. The van der Waals surface area contributed by atoms with Crippen LogP contribution in [0.3, 0.4) is 0 Å². The molecule has 6 rings (SSSR count). The molecular weight excluding hydrogens is 472 g/mol. The van der Waals surface area contributed by atoms with E-state index in [4.69, 9.17) is 14.9 Å². The average molecular weight is 497 g/mol. The highest BCUT2D eigenvalue weighted by atomic mass is 16.5. The summed E-state index contributed by atoms with van der Waals surface area (Å²) in [6, 6.07) is 36.9. The van der Waals surface area contributed by atoms with Gasteiger partial charge in [-0.05, 0) is 54.6 Å². The molecule has 184 valence electrons. The van der Waals surface area contributed by atoms with Crippen LogP contribution in [0.2, 0.25) is 0 Å². The molecule has 0 spiro atoms. The van der Waals surface area contributed by atoms with E-state index in [2.05, 4.69) is 0 Å². The lowest BCUT2D eigenvalue weighted by atomic mass is 9.99. The zero-order chi connectivity index (χ0) is 25.9. The standard InChI is InChI=1S/C32H24N4O2/c1-38-28-19-17-24(18-20-28)31-29(32(37)36(34-31)27-15-9-4-10-16-27)21-25-22-35(26-13-7-3-8-14-26)33-30(25)23-11-5-2-6-12-23/h2-22H,1H3/b29-21-. The van der Waals surface area contributed by atoms with Gasteiger partial charge < -0.3 is 4.74 Å². The van der Waals surface area contributed by atoms with Gasteiger partial charge in [-0.25, -0.2) is 4.68 Å². The van der Waals surface area contributed by atoms with Gasteiger partial charge in [0.1, 0.15) is 11.5 Å². The third-order valence-electron chi connectivity index (χ3n) is 6.35. The highest BCUT2D eigenvalue weighted by Crippen LogP contribution is 2.31. The summed E-state index contributed by atoms with van der Waals surface area (Å²) >= 11 is 0. The van der Waals surface area contributed by atoms with Crippen molar-refractivity contribution in [3.8, 4) is 22.7 Å². The van der Waals surface area contributed by atoms with Crippen LogP contribution in [0.5, 0.6) is 5.75 Å². The fourth-order valence-corrected chi connectivity index (χ4v) is 4.43. The summed E-state index contributed by atoms with van der Waals surface area (Å²) in [4.78, 5) is 13.8. The molecule has 1 aromatic heterocycles. The number of carbonyl (C=O) groups is 1. The molecular formula is C32H24N4O2. The number of ether oxygens (including phenoxy) is 1. The number of hydrogen-bond donors (Lipinski definition) is 0. The van der Waals surface area contributed by atoms with Crippen LogP contribution >= 0.6 is 0 Å². The van der Waals surface area contributed by atoms with Crippen molar-refractivity contribution in [3.63, 3.8) is 0 Å². The molecule has 0 fully saturated rings. The molecule has 2 heterocycles. The zero-order valence-electron chi connectivity index (χ0n) is 20.7. The first-order valence-corrected chi connectivity index (χ1v) is 12.3.